The van der Waals surface area contributed by atoms with E-state index in [0.717, 1.165) is 6.61 Å². The van der Waals surface area contributed by atoms with E-state index in [1.165, 1.54) is 0 Å². The van der Waals surface area contributed by atoms with Crippen molar-refractivity contribution < 1.29 is 24.2 Å². The Bertz CT molecular complexity index is 49.5. The summed E-state index contributed by atoms with van der Waals surface area (Å²) < 4.78 is 4.74. The first-order chi connectivity index (χ1) is 2.43. The Morgan fingerprint density at radius 2 is 2.33 bits per heavy atom. The average molecular weight is 135 g/mol. The van der Waals surface area contributed by atoms with Crippen LogP contribution in [0.15, 0.2) is 12.7 Å². The fraction of sp³-hybridized carbons (Fsp3) is 0.500. The minimum atomic E-state index is 0. The molecule has 6 heavy (non-hydrogen) atoms. The fourth-order valence-corrected chi connectivity index (χ4v) is 0.192. The van der Waals surface area contributed by atoms with Gasteiger partial charge in [-0.05, 0) is 0 Å². The van der Waals surface area contributed by atoms with Gasteiger partial charge < -0.3 is 4.74 Å². The summed E-state index contributed by atoms with van der Waals surface area (Å²) in [4.78, 5) is 0. The van der Waals surface area contributed by atoms with Crippen LogP contribution in [0.1, 0.15) is 0 Å². The van der Waals surface area contributed by atoms with E-state index >= 15 is 0 Å². The van der Waals surface area contributed by atoms with E-state index in [-0.39, 0.29) is 19.5 Å². The molecule has 0 aliphatic carbocycles. The van der Waals surface area contributed by atoms with Crippen molar-refractivity contribution in [3.05, 3.63) is 12.7 Å². The molecule has 1 aliphatic rings. The summed E-state index contributed by atoms with van der Waals surface area (Å²) in [5, 5.41) is 0. The third-order valence-electron chi connectivity index (χ3n) is 0.622. The van der Waals surface area contributed by atoms with Crippen LogP contribution in [0.5, 0.6) is 0 Å². The van der Waals surface area contributed by atoms with Crippen LogP contribution in [0.4, 0.5) is 0 Å². The Balaban J connectivity index is 0.000000250. The molecule has 0 spiro atoms. The van der Waals surface area contributed by atoms with E-state index in [2.05, 4.69) is 6.58 Å². The second-order valence-electron chi connectivity index (χ2n) is 1.11. The van der Waals surface area contributed by atoms with E-state index in [1.54, 1.807) is 6.08 Å². The van der Waals surface area contributed by atoms with Gasteiger partial charge >= 0.3 is 0 Å². The topological polar surface area (TPSA) is 12.5 Å². The van der Waals surface area contributed by atoms with Crippen molar-refractivity contribution >= 4 is 0 Å². The molecule has 30 valence electrons. The molecule has 0 bridgehead atoms. The molecule has 0 aromatic heterocycles. The van der Waals surface area contributed by atoms with Gasteiger partial charge in [-0.25, -0.2) is 0 Å². The van der Waals surface area contributed by atoms with Crippen molar-refractivity contribution in [2.75, 3.05) is 6.61 Å². The van der Waals surface area contributed by atoms with E-state index < -0.39 is 0 Å². The van der Waals surface area contributed by atoms with Crippen molar-refractivity contribution in [1.29, 1.82) is 0 Å². The molecule has 1 aliphatic heterocycles. The van der Waals surface area contributed by atoms with Gasteiger partial charge in [-0.3, -0.25) is 0 Å². The Labute approximate surface area is 50.1 Å². The molecule has 0 N–H and O–H groups in total. The Morgan fingerprint density at radius 3 is 2.33 bits per heavy atom. The third kappa shape index (κ3) is 1.69. The predicted octanol–water partition coefficient (Wildman–Crippen LogP) is 0.569. The van der Waals surface area contributed by atoms with Gasteiger partial charge in [0, 0.05) is 19.5 Å². The summed E-state index contributed by atoms with van der Waals surface area (Å²) in [5.41, 5.74) is 0. The summed E-state index contributed by atoms with van der Waals surface area (Å²) in [5.74, 6) is 0. The monoisotopic (exact) mass is 134 g/mol. The van der Waals surface area contributed by atoms with Crippen molar-refractivity contribution in [3.63, 3.8) is 0 Å². The van der Waals surface area contributed by atoms with Crippen molar-refractivity contribution in [2.24, 2.45) is 0 Å². The van der Waals surface area contributed by atoms with Gasteiger partial charge in [0.15, 0.2) is 0 Å². The molecule has 2 heteroatoms. The summed E-state index contributed by atoms with van der Waals surface area (Å²) in [7, 11) is 0. The van der Waals surface area contributed by atoms with Gasteiger partial charge in [0.05, 0.1) is 12.7 Å². The Morgan fingerprint density at radius 1 is 1.83 bits per heavy atom. The van der Waals surface area contributed by atoms with Crippen molar-refractivity contribution in [2.45, 2.75) is 6.10 Å². The molecule has 1 fully saturated rings. The predicted molar refractivity (Wildman–Crippen MR) is 19.9 cm³/mol. The minimum absolute atomic E-state index is 0. The second kappa shape index (κ2) is 2.49. The number of rotatable bonds is 1. The zero-order chi connectivity index (χ0) is 3.70. The normalized spacial score (nSPS) is 27.7. The first-order valence-corrected chi connectivity index (χ1v) is 1.67. The third-order valence-corrected chi connectivity index (χ3v) is 0.622. The second-order valence-corrected chi connectivity index (χ2v) is 1.11. The molecular formula is C4H6OZn. The number of epoxide rings is 1. The molecular weight excluding hydrogens is 129 g/mol. The van der Waals surface area contributed by atoms with Crippen LogP contribution < -0.4 is 0 Å². The maximum atomic E-state index is 4.74. The number of hydrogen-bond donors (Lipinski definition) is 0. The van der Waals surface area contributed by atoms with Crippen LogP contribution >= 0.6 is 0 Å². The summed E-state index contributed by atoms with van der Waals surface area (Å²) >= 11 is 0. The minimum Gasteiger partial charge on any atom is -0.369 e. The zero-order valence-corrected chi connectivity index (χ0v) is 6.65. The molecule has 1 rings (SSSR count). The molecule has 0 aromatic rings. The quantitative estimate of drug-likeness (QED) is 0.291. The number of hydrogen-bond acceptors (Lipinski definition) is 1. The Kier molecular flexibility index (Phi) is 2.62. The van der Waals surface area contributed by atoms with Gasteiger partial charge in [0.2, 0.25) is 0 Å². The average Bonchev–Trinajstić information content (AvgIpc) is 2.12. The molecule has 1 heterocycles. The van der Waals surface area contributed by atoms with Crippen LogP contribution in [0, 0.1) is 0 Å². The van der Waals surface area contributed by atoms with Crippen LogP contribution in [-0.4, -0.2) is 12.7 Å². The van der Waals surface area contributed by atoms with E-state index in [1.807, 2.05) is 0 Å². The Hall–Kier alpha value is 0.323. The smallest absolute Gasteiger partial charge is 0.0988 e. The fourth-order valence-electron chi connectivity index (χ4n) is 0.192. The van der Waals surface area contributed by atoms with Crippen molar-refractivity contribution in [1.82, 2.24) is 0 Å². The molecule has 1 nitrogen and oxygen atoms in total. The van der Waals surface area contributed by atoms with E-state index in [0.29, 0.717) is 6.10 Å². The molecule has 0 amide bonds. The van der Waals surface area contributed by atoms with Crippen LogP contribution in [0.25, 0.3) is 0 Å². The molecule has 1 atom stereocenters. The largest absolute Gasteiger partial charge is 0.369 e. The first kappa shape index (κ1) is 6.32. The van der Waals surface area contributed by atoms with Gasteiger partial charge in [0.1, 0.15) is 0 Å². The summed E-state index contributed by atoms with van der Waals surface area (Å²) in [6, 6.07) is 0. The van der Waals surface area contributed by atoms with Gasteiger partial charge in [0.25, 0.3) is 0 Å². The first-order valence-electron chi connectivity index (χ1n) is 1.67. The number of ether oxygens (including phenoxy) is 1. The molecule has 0 radical (unpaired) electrons. The maximum Gasteiger partial charge on any atom is 0.0988 e. The molecule has 0 aromatic carbocycles. The summed E-state index contributed by atoms with van der Waals surface area (Å²) in [6.45, 7) is 4.39. The van der Waals surface area contributed by atoms with Crippen molar-refractivity contribution in [3.8, 4) is 0 Å². The molecule has 0 saturated carbocycles. The summed E-state index contributed by atoms with van der Waals surface area (Å²) in [6.07, 6.45) is 2.20. The van der Waals surface area contributed by atoms with E-state index in [4.69, 9.17) is 4.74 Å². The van der Waals surface area contributed by atoms with Crippen LogP contribution in [0.3, 0.4) is 0 Å². The van der Waals surface area contributed by atoms with Crippen LogP contribution in [0.2, 0.25) is 0 Å². The van der Waals surface area contributed by atoms with Gasteiger partial charge in [-0.15, -0.1) is 6.58 Å². The van der Waals surface area contributed by atoms with Crippen LogP contribution in [-0.2, 0) is 24.2 Å². The van der Waals surface area contributed by atoms with Gasteiger partial charge in [-0.1, -0.05) is 6.08 Å². The zero-order valence-electron chi connectivity index (χ0n) is 3.68. The van der Waals surface area contributed by atoms with Gasteiger partial charge in [-0.2, -0.15) is 0 Å². The molecule has 1 unspecified atom stereocenters. The SMILES string of the molecule is C=CC1CO1.[Zn]. The van der Waals surface area contributed by atoms with E-state index in [9.17, 15) is 0 Å². The standard InChI is InChI=1S/C4H6O.Zn/c1-2-4-3-5-4;/h2,4H,1,3H2;. The maximum absolute atomic E-state index is 4.74. The molecule has 1 saturated heterocycles.